The van der Waals surface area contributed by atoms with Gasteiger partial charge in [0.25, 0.3) is 0 Å². The monoisotopic (exact) mass is 290 g/mol. The molecule has 0 unspecified atom stereocenters. The van der Waals surface area contributed by atoms with Crippen LogP contribution in [0.1, 0.15) is 87.1 Å². The molecule has 1 aliphatic carbocycles. The van der Waals surface area contributed by atoms with Gasteiger partial charge in [-0.1, -0.05) is 64.5 Å². The van der Waals surface area contributed by atoms with Crippen LogP contribution in [-0.4, -0.2) is 13.1 Å². The van der Waals surface area contributed by atoms with Gasteiger partial charge in [-0.25, -0.2) is 4.79 Å². The standard InChI is InChI=1S/C12H14O2.C7H16/c1-14-12(13)11-7-5-10(6-8-11)9-3-2-4-9;1-3-5-7-6-4-2/h5-9H,2-4H2,1H3;3-7H2,1-2H3. The molecule has 0 atom stereocenters. The Bertz CT molecular complexity index is 387. The topological polar surface area (TPSA) is 26.3 Å². The number of carbonyl (C=O) groups excluding carboxylic acids is 1. The van der Waals surface area contributed by atoms with Crippen LogP contribution in [0.4, 0.5) is 0 Å². The average molecular weight is 290 g/mol. The molecule has 0 spiro atoms. The molecule has 0 radical (unpaired) electrons. The molecule has 1 saturated carbocycles. The lowest BCUT2D eigenvalue weighted by molar-refractivity contribution is 0.0600. The fourth-order valence-electron chi connectivity index (χ4n) is 2.43. The Balaban J connectivity index is 0.000000270. The molecule has 0 N–H and O–H groups in total. The van der Waals surface area contributed by atoms with Crippen molar-refractivity contribution in [3.8, 4) is 0 Å². The number of rotatable bonds is 6. The Labute approximate surface area is 129 Å². The number of hydrogen-bond acceptors (Lipinski definition) is 2. The minimum absolute atomic E-state index is 0.259. The SMILES string of the molecule is CCCCCCC.COC(=O)c1ccc(C2CCC2)cc1. The number of ether oxygens (including phenoxy) is 1. The van der Waals surface area contributed by atoms with E-state index >= 15 is 0 Å². The Morgan fingerprint density at radius 2 is 1.62 bits per heavy atom. The summed E-state index contributed by atoms with van der Waals surface area (Å²) in [5.74, 6) is 0.465. The van der Waals surface area contributed by atoms with Gasteiger partial charge in [-0.15, -0.1) is 0 Å². The summed E-state index contributed by atoms with van der Waals surface area (Å²) in [6.45, 7) is 4.49. The highest BCUT2D eigenvalue weighted by molar-refractivity contribution is 5.89. The lowest BCUT2D eigenvalue weighted by atomic mass is 9.80. The van der Waals surface area contributed by atoms with Crippen molar-refractivity contribution in [3.05, 3.63) is 35.4 Å². The maximum Gasteiger partial charge on any atom is 0.337 e. The second kappa shape index (κ2) is 10.4. The maximum absolute atomic E-state index is 11.2. The molecule has 1 aromatic rings. The molecule has 1 fully saturated rings. The van der Waals surface area contributed by atoms with Crippen molar-refractivity contribution in [1.82, 2.24) is 0 Å². The number of benzene rings is 1. The first-order chi connectivity index (χ1) is 10.2. The first-order valence-electron chi connectivity index (χ1n) is 8.41. The Morgan fingerprint density at radius 1 is 1.05 bits per heavy atom. The zero-order chi connectivity index (χ0) is 15.5. The maximum atomic E-state index is 11.2. The highest BCUT2D eigenvalue weighted by atomic mass is 16.5. The molecule has 2 nitrogen and oxygen atoms in total. The van der Waals surface area contributed by atoms with Crippen LogP contribution in [0.3, 0.4) is 0 Å². The molecule has 0 aromatic heterocycles. The van der Waals surface area contributed by atoms with E-state index in [4.69, 9.17) is 0 Å². The normalized spacial score (nSPS) is 13.9. The molecule has 1 aliphatic rings. The summed E-state index contributed by atoms with van der Waals surface area (Å²) >= 11 is 0. The molecule has 0 saturated heterocycles. The lowest BCUT2D eigenvalue weighted by Crippen LogP contribution is -2.09. The molecular weight excluding hydrogens is 260 g/mol. The molecule has 118 valence electrons. The van der Waals surface area contributed by atoms with Crippen LogP contribution in [0.2, 0.25) is 0 Å². The minimum Gasteiger partial charge on any atom is -0.465 e. The van der Waals surface area contributed by atoms with Crippen LogP contribution in [0.15, 0.2) is 24.3 Å². The van der Waals surface area contributed by atoms with Crippen LogP contribution in [0.25, 0.3) is 0 Å². The predicted octanol–water partition coefficient (Wildman–Crippen LogP) is 5.72. The largest absolute Gasteiger partial charge is 0.465 e. The van der Waals surface area contributed by atoms with E-state index in [2.05, 4.69) is 18.6 Å². The highest BCUT2D eigenvalue weighted by Gasteiger charge is 2.19. The minimum atomic E-state index is -0.259. The van der Waals surface area contributed by atoms with Gasteiger partial charge in [-0.2, -0.15) is 0 Å². The zero-order valence-electron chi connectivity index (χ0n) is 13.9. The average Bonchev–Trinajstić information content (AvgIpc) is 2.47. The zero-order valence-corrected chi connectivity index (χ0v) is 13.9. The third-order valence-corrected chi connectivity index (χ3v) is 4.12. The van der Waals surface area contributed by atoms with E-state index < -0.39 is 0 Å². The van der Waals surface area contributed by atoms with Gasteiger partial charge >= 0.3 is 5.97 Å². The Kier molecular flexibility index (Phi) is 8.80. The van der Waals surface area contributed by atoms with E-state index in [0.717, 1.165) is 5.92 Å². The van der Waals surface area contributed by atoms with Crippen LogP contribution in [0, 0.1) is 0 Å². The van der Waals surface area contributed by atoms with Gasteiger partial charge in [0.05, 0.1) is 12.7 Å². The number of methoxy groups -OCH3 is 1. The van der Waals surface area contributed by atoms with Crippen molar-refractivity contribution in [2.24, 2.45) is 0 Å². The van der Waals surface area contributed by atoms with Gasteiger partial charge in [0.1, 0.15) is 0 Å². The molecule has 21 heavy (non-hydrogen) atoms. The van der Waals surface area contributed by atoms with Gasteiger partial charge < -0.3 is 4.74 Å². The van der Waals surface area contributed by atoms with Crippen LogP contribution in [0.5, 0.6) is 0 Å². The summed E-state index contributed by atoms with van der Waals surface area (Å²) in [7, 11) is 1.40. The fourth-order valence-corrected chi connectivity index (χ4v) is 2.43. The van der Waals surface area contributed by atoms with Crippen molar-refractivity contribution in [2.45, 2.75) is 71.1 Å². The number of hydrogen-bond donors (Lipinski definition) is 0. The van der Waals surface area contributed by atoms with Crippen molar-refractivity contribution in [2.75, 3.05) is 7.11 Å². The van der Waals surface area contributed by atoms with Crippen LogP contribution >= 0.6 is 0 Å². The van der Waals surface area contributed by atoms with Crippen molar-refractivity contribution in [1.29, 1.82) is 0 Å². The van der Waals surface area contributed by atoms with E-state index in [1.54, 1.807) is 0 Å². The van der Waals surface area contributed by atoms with Crippen LogP contribution < -0.4 is 0 Å². The van der Waals surface area contributed by atoms with E-state index in [0.29, 0.717) is 5.56 Å². The number of esters is 1. The summed E-state index contributed by atoms with van der Waals surface area (Å²) in [5, 5.41) is 0. The van der Waals surface area contributed by atoms with Crippen molar-refractivity contribution >= 4 is 5.97 Å². The second-order valence-electron chi connectivity index (χ2n) is 5.80. The molecular formula is C19H30O2. The van der Waals surface area contributed by atoms with Gasteiger partial charge in [0.15, 0.2) is 0 Å². The summed E-state index contributed by atoms with van der Waals surface area (Å²) in [6, 6.07) is 7.77. The van der Waals surface area contributed by atoms with Gasteiger partial charge in [0, 0.05) is 0 Å². The quantitative estimate of drug-likeness (QED) is 0.495. The second-order valence-corrected chi connectivity index (χ2v) is 5.80. The summed E-state index contributed by atoms with van der Waals surface area (Å²) in [5.41, 5.74) is 1.99. The third kappa shape index (κ3) is 6.33. The highest BCUT2D eigenvalue weighted by Crippen LogP contribution is 2.36. The first-order valence-corrected chi connectivity index (χ1v) is 8.41. The van der Waals surface area contributed by atoms with E-state index in [-0.39, 0.29) is 5.97 Å². The summed E-state index contributed by atoms with van der Waals surface area (Å²) in [6.07, 6.45) is 10.9. The van der Waals surface area contributed by atoms with Gasteiger partial charge in [0.2, 0.25) is 0 Å². The summed E-state index contributed by atoms with van der Waals surface area (Å²) in [4.78, 5) is 11.2. The van der Waals surface area contributed by atoms with Crippen molar-refractivity contribution in [3.63, 3.8) is 0 Å². The molecule has 0 bridgehead atoms. The number of carbonyl (C=O) groups is 1. The summed E-state index contributed by atoms with van der Waals surface area (Å²) < 4.78 is 4.64. The lowest BCUT2D eigenvalue weighted by Gasteiger charge is -2.25. The Morgan fingerprint density at radius 3 is 2.00 bits per heavy atom. The number of unbranched alkanes of at least 4 members (excludes halogenated alkanes) is 4. The van der Waals surface area contributed by atoms with Crippen LogP contribution in [-0.2, 0) is 4.74 Å². The van der Waals surface area contributed by atoms with E-state index in [1.165, 1.54) is 64.0 Å². The molecule has 2 rings (SSSR count). The van der Waals surface area contributed by atoms with Crippen molar-refractivity contribution < 1.29 is 9.53 Å². The molecule has 0 aliphatic heterocycles. The Hall–Kier alpha value is -1.31. The smallest absolute Gasteiger partial charge is 0.337 e. The van der Waals surface area contributed by atoms with Gasteiger partial charge in [-0.3, -0.25) is 0 Å². The third-order valence-electron chi connectivity index (χ3n) is 4.12. The molecule has 0 heterocycles. The van der Waals surface area contributed by atoms with Gasteiger partial charge in [-0.05, 0) is 36.5 Å². The molecule has 1 aromatic carbocycles. The molecule has 2 heteroatoms. The predicted molar refractivity (Wildman–Crippen MR) is 88.8 cm³/mol. The van der Waals surface area contributed by atoms with E-state index in [9.17, 15) is 4.79 Å². The van der Waals surface area contributed by atoms with E-state index in [1.807, 2.05) is 24.3 Å². The first kappa shape index (κ1) is 17.7. The fraction of sp³-hybridized carbons (Fsp3) is 0.632. The molecule has 0 amide bonds.